The highest BCUT2D eigenvalue weighted by atomic mass is 79.9. The number of aliphatic hydroxyl groups is 1. The van der Waals surface area contributed by atoms with Crippen LogP contribution in [0.4, 0.5) is 0 Å². The molecule has 0 aliphatic rings. The molecule has 0 unspecified atom stereocenters. The van der Waals surface area contributed by atoms with Crippen LogP contribution in [0.2, 0.25) is 0 Å². The summed E-state index contributed by atoms with van der Waals surface area (Å²) in [6, 6.07) is 27.0. The number of hydrazine groups is 1. The highest BCUT2D eigenvalue weighted by molar-refractivity contribution is 9.08. The molecule has 0 atom stereocenters. The third-order valence-corrected chi connectivity index (χ3v) is 11.2. The lowest BCUT2D eigenvalue weighted by Crippen LogP contribution is -2.30. The van der Waals surface area contributed by atoms with E-state index < -0.39 is 17.2 Å². The van der Waals surface area contributed by atoms with E-state index in [9.17, 15) is 24.0 Å². The van der Waals surface area contributed by atoms with Crippen LogP contribution >= 0.6 is 61.5 Å². The Morgan fingerprint density at radius 3 is 1.32 bits per heavy atom. The number of nitrogens with one attached hydrogen (secondary N) is 1. The lowest BCUT2D eigenvalue weighted by molar-refractivity contribution is -0.149. The predicted octanol–water partition coefficient (Wildman–Crippen LogP) is 8.28. The van der Waals surface area contributed by atoms with Gasteiger partial charge in [-0.15, -0.1) is 30.6 Å². The molecular weight excluding hydrogens is 1100 g/mol. The molecule has 0 spiro atoms. The fourth-order valence-corrected chi connectivity index (χ4v) is 6.92. The summed E-state index contributed by atoms with van der Waals surface area (Å²) >= 11 is 12.1. The second-order valence-corrected chi connectivity index (χ2v) is 16.2. The fraction of sp³-hybridized carbons (Fsp3) is 0.234. The van der Waals surface area contributed by atoms with E-state index in [-0.39, 0.29) is 37.5 Å². The van der Waals surface area contributed by atoms with Crippen molar-refractivity contribution in [3.8, 4) is 32.1 Å². The minimum absolute atomic E-state index is 0. The first-order valence-electron chi connectivity index (χ1n) is 21.4. The van der Waals surface area contributed by atoms with Crippen LogP contribution in [0.25, 0.3) is 32.1 Å². The van der Waals surface area contributed by atoms with Gasteiger partial charge in [0.25, 0.3) is 5.91 Å². The molecule has 0 saturated heterocycles. The fourth-order valence-electron chi connectivity index (χ4n) is 4.35. The largest absolute Gasteiger partial charge is 0.461 e. The van der Waals surface area contributed by atoms with Crippen molar-refractivity contribution in [3.05, 3.63) is 148 Å². The molecule has 0 fully saturated rings. The molecule has 22 nitrogen and oxygen atoms in total. The number of nitrogens with zero attached hydrogens (tertiary/aromatic N) is 11. The molecule has 1 amide bonds. The van der Waals surface area contributed by atoms with Crippen molar-refractivity contribution in [2.75, 3.05) is 19.8 Å². The minimum atomic E-state index is -1.08. The van der Waals surface area contributed by atoms with Gasteiger partial charge >= 0.3 is 23.2 Å². The van der Waals surface area contributed by atoms with E-state index in [4.69, 9.17) is 32.0 Å². The molecule has 392 valence electrons. The maximum atomic E-state index is 11.4. The number of esters is 3. The zero-order valence-corrected chi connectivity index (χ0v) is 44.6. The van der Waals surface area contributed by atoms with Crippen LogP contribution in [0.1, 0.15) is 82.8 Å². The Bertz CT molecular complexity index is 2710. The third kappa shape index (κ3) is 24.9. The number of aromatic nitrogens is 11. The second-order valence-electron chi connectivity index (χ2n) is 12.2. The number of ether oxygens (including phenoxy) is 3. The average Bonchev–Trinajstić information content (AvgIpc) is 4.27. The SMILES string of the molecule is BrCc1nnc(-c2ccccn2)s1.C.CC.CCOC(=O)C(=O)Cl.CCOC(=O)c1ccccn1.CCOC(=O)c1nnc(-c2ccccn2)s1.NNC(=O)c1ccccn1.OCc1nnc(-c2ccccn2)s1. The van der Waals surface area contributed by atoms with Gasteiger partial charge in [0.1, 0.15) is 38.5 Å². The first kappa shape index (κ1) is 64.7. The Kier molecular flexibility index (Phi) is 34.3. The van der Waals surface area contributed by atoms with Crippen LogP contribution in [-0.4, -0.2) is 109 Å². The molecule has 0 saturated carbocycles. The Morgan fingerprint density at radius 1 is 0.568 bits per heavy atom. The summed E-state index contributed by atoms with van der Waals surface area (Å²) in [7, 11) is 0. The van der Waals surface area contributed by atoms with E-state index in [0.29, 0.717) is 40.3 Å². The first-order valence-corrected chi connectivity index (χ1v) is 25.4. The van der Waals surface area contributed by atoms with E-state index in [2.05, 4.69) is 76.2 Å². The van der Waals surface area contributed by atoms with E-state index in [1.807, 2.05) is 73.9 Å². The van der Waals surface area contributed by atoms with E-state index in [1.54, 1.807) is 93.3 Å². The second kappa shape index (κ2) is 39.2. The summed E-state index contributed by atoms with van der Waals surface area (Å²) in [6.45, 7) is 9.94. The number of aliphatic hydroxyl groups excluding tert-OH is 1. The molecule has 27 heteroatoms. The molecular formula is C47H53BrClN13O9S3. The standard InChI is InChI=1S/C10H9N3O2S.C8H6BrN3S.C8H7N3OS.C8H9NO2.C6H7N3O.C4H5ClO3.C2H6.CH4/c1-2-15-10(14)9-13-12-8(16-9)7-5-3-4-6-11-7;9-5-7-11-12-8(13-7)6-3-1-2-4-10-6;12-5-7-10-11-8(13-7)6-3-1-2-4-9-6;1-2-11-8(10)7-5-3-4-6-9-7;7-9-6(10)5-3-1-2-4-8-5;1-2-8-4(7)3(5)6;1-2;/h3-6H,2H2,1H3;1-4H,5H2;1-4,12H,5H2;3-6H,2H2,1H3;1-4H,7H2,(H,9,10);2H2,1H3;1-2H3;1H4. The highest BCUT2D eigenvalue weighted by Gasteiger charge is 2.15. The number of amides is 1. The lowest BCUT2D eigenvalue weighted by Gasteiger charge is -1.98. The number of hydrogen-bond acceptors (Lipinski definition) is 24. The van der Waals surface area contributed by atoms with Crippen LogP contribution in [-0.2, 0) is 35.7 Å². The zero-order valence-electron chi connectivity index (χ0n) is 39.8. The lowest BCUT2D eigenvalue weighted by atomic mass is 10.3. The van der Waals surface area contributed by atoms with Crippen LogP contribution < -0.4 is 11.3 Å². The van der Waals surface area contributed by atoms with Gasteiger partial charge < -0.3 is 19.3 Å². The van der Waals surface area contributed by atoms with Crippen LogP contribution in [0.15, 0.2) is 122 Å². The number of pyridine rings is 5. The summed E-state index contributed by atoms with van der Waals surface area (Å²) < 4.78 is 13.7. The Morgan fingerprint density at radius 2 is 0.973 bits per heavy atom. The van der Waals surface area contributed by atoms with Gasteiger partial charge in [-0.1, -0.05) is 102 Å². The number of carbonyl (C=O) groups excluding carboxylic acids is 5. The van der Waals surface area contributed by atoms with Gasteiger partial charge in [-0.25, -0.2) is 25.2 Å². The number of nitrogens with two attached hydrogens (primary N) is 1. The van der Waals surface area contributed by atoms with Gasteiger partial charge in [0, 0.05) is 31.0 Å². The molecule has 0 aliphatic heterocycles. The number of alkyl halides is 1. The van der Waals surface area contributed by atoms with E-state index in [1.165, 1.54) is 28.9 Å². The van der Waals surface area contributed by atoms with Crippen molar-refractivity contribution in [3.63, 3.8) is 0 Å². The smallest absolute Gasteiger partial charge is 0.391 e. The molecule has 0 bridgehead atoms. The highest BCUT2D eigenvalue weighted by Crippen LogP contribution is 2.23. The topological polar surface area (TPSA) is 313 Å². The molecule has 8 aromatic heterocycles. The molecule has 8 heterocycles. The average molecular weight is 1160 g/mol. The van der Waals surface area contributed by atoms with Gasteiger partial charge in [0.15, 0.2) is 15.0 Å². The zero-order chi connectivity index (χ0) is 53.6. The summed E-state index contributed by atoms with van der Waals surface area (Å²) in [4.78, 5) is 72.9. The summed E-state index contributed by atoms with van der Waals surface area (Å²) in [5.74, 6) is 2.69. The summed E-state index contributed by atoms with van der Waals surface area (Å²) in [5.41, 5.74) is 5.04. The van der Waals surface area contributed by atoms with Gasteiger partial charge in [0.2, 0.25) is 5.01 Å². The summed E-state index contributed by atoms with van der Waals surface area (Å²) in [5, 5.41) is 35.9. The molecule has 8 aromatic rings. The Labute approximate surface area is 452 Å². The quantitative estimate of drug-likeness (QED) is 0.0151. The van der Waals surface area contributed by atoms with Crippen LogP contribution in [0.3, 0.4) is 0 Å². The number of halogens is 2. The van der Waals surface area contributed by atoms with Crippen molar-refractivity contribution in [1.82, 2.24) is 60.9 Å². The molecule has 0 aliphatic carbocycles. The Hall–Kier alpha value is -7.33. The van der Waals surface area contributed by atoms with Crippen LogP contribution in [0.5, 0.6) is 0 Å². The van der Waals surface area contributed by atoms with E-state index >= 15 is 0 Å². The minimum Gasteiger partial charge on any atom is -0.461 e. The van der Waals surface area contributed by atoms with Crippen LogP contribution in [0, 0.1) is 0 Å². The monoisotopic (exact) mass is 1150 g/mol. The molecule has 8 rings (SSSR count). The number of rotatable bonds is 12. The maximum absolute atomic E-state index is 11.4. The Balaban J connectivity index is 0.000000445. The number of hydrogen-bond donors (Lipinski definition) is 3. The number of nitrogen functional groups attached to an aromatic ring is 1. The first-order chi connectivity index (χ1) is 35.5. The molecule has 4 N–H and O–H groups in total. The van der Waals surface area contributed by atoms with Crippen molar-refractivity contribution < 1.29 is 43.3 Å². The normalized spacial score (nSPS) is 9.31. The van der Waals surface area contributed by atoms with Gasteiger partial charge in [-0.3, -0.25) is 35.0 Å². The van der Waals surface area contributed by atoms with Crippen molar-refractivity contribution in [1.29, 1.82) is 0 Å². The predicted molar refractivity (Wildman–Crippen MR) is 286 cm³/mol. The van der Waals surface area contributed by atoms with Crippen molar-refractivity contribution >= 4 is 90.6 Å². The van der Waals surface area contributed by atoms with Gasteiger partial charge in [0.05, 0.1) is 31.8 Å². The third-order valence-electron chi connectivity index (χ3n) is 7.32. The van der Waals surface area contributed by atoms with Gasteiger partial charge in [-0.2, -0.15) is 0 Å². The van der Waals surface area contributed by atoms with Crippen molar-refractivity contribution in [2.45, 2.75) is 54.0 Å². The molecule has 0 radical (unpaired) electrons. The van der Waals surface area contributed by atoms with E-state index in [0.717, 1.165) is 31.7 Å². The summed E-state index contributed by atoms with van der Waals surface area (Å²) in [6.07, 6.45) is 8.22. The van der Waals surface area contributed by atoms with Gasteiger partial charge in [-0.05, 0) is 93.0 Å². The maximum Gasteiger partial charge on any atom is 0.391 e. The van der Waals surface area contributed by atoms with Crippen molar-refractivity contribution in [2.24, 2.45) is 5.84 Å². The number of carbonyl (C=O) groups is 5. The molecule has 0 aromatic carbocycles. The molecule has 74 heavy (non-hydrogen) atoms.